The van der Waals surface area contributed by atoms with Crippen LogP contribution in [0.2, 0.25) is 10.0 Å². The fraction of sp³-hybridized carbons (Fsp3) is 0.143. The average Bonchev–Trinajstić information content (AvgIpc) is 2.38. The maximum Gasteiger partial charge on any atom is 0.169 e. The fourth-order valence-corrected chi connectivity index (χ4v) is 2.93. The normalized spacial score (nSPS) is 11.4. The molecular weight excluding hydrogens is 326 g/mol. The summed E-state index contributed by atoms with van der Waals surface area (Å²) in [7, 11) is 1.60. The third-order valence-corrected chi connectivity index (χ3v) is 4.11. The van der Waals surface area contributed by atoms with Gasteiger partial charge < -0.3 is 4.74 Å². The molecule has 0 unspecified atom stereocenters. The van der Waals surface area contributed by atoms with Crippen LogP contribution in [0.15, 0.2) is 42.5 Å². The van der Waals surface area contributed by atoms with Gasteiger partial charge in [-0.1, -0.05) is 64.6 Å². The van der Waals surface area contributed by atoms with Crippen LogP contribution in [0.1, 0.15) is 11.1 Å². The van der Waals surface area contributed by atoms with Crippen molar-refractivity contribution < 1.29 is 4.74 Å². The molecule has 0 radical (unpaired) electrons. The number of hydrogen-bond donors (Lipinski definition) is 0. The Hall–Kier alpha value is -0.600. The van der Waals surface area contributed by atoms with E-state index in [1.807, 2.05) is 0 Å². The second kappa shape index (κ2) is 5.80. The van der Waals surface area contributed by atoms with Crippen LogP contribution in [0.3, 0.4) is 0 Å². The van der Waals surface area contributed by atoms with Crippen molar-refractivity contribution in [1.29, 1.82) is 0 Å². The van der Waals surface area contributed by atoms with Gasteiger partial charge >= 0.3 is 0 Å². The van der Waals surface area contributed by atoms with Crippen LogP contribution >= 0.6 is 46.4 Å². The largest absolute Gasteiger partial charge is 0.497 e. The number of rotatable bonds is 3. The van der Waals surface area contributed by atoms with Crippen molar-refractivity contribution >= 4 is 46.4 Å². The Morgan fingerprint density at radius 3 is 2.11 bits per heavy atom. The van der Waals surface area contributed by atoms with Gasteiger partial charge in [-0.25, -0.2) is 0 Å². The number of alkyl halides is 2. The Morgan fingerprint density at radius 2 is 1.58 bits per heavy atom. The molecule has 0 atom stereocenters. The van der Waals surface area contributed by atoms with E-state index in [-0.39, 0.29) is 0 Å². The van der Waals surface area contributed by atoms with Crippen molar-refractivity contribution in [2.24, 2.45) is 0 Å². The maximum atomic E-state index is 6.44. The Labute approximate surface area is 132 Å². The van der Waals surface area contributed by atoms with Gasteiger partial charge in [0.1, 0.15) is 5.75 Å². The molecule has 0 saturated carbocycles. The smallest absolute Gasteiger partial charge is 0.169 e. The highest BCUT2D eigenvalue weighted by Crippen LogP contribution is 2.44. The summed E-state index contributed by atoms with van der Waals surface area (Å²) in [4.78, 5) is 0. The first-order valence-electron chi connectivity index (χ1n) is 5.43. The molecule has 0 aliphatic rings. The Morgan fingerprint density at radius 1 is 0.947 bits per heavy atom. The Balaban J connectivity index is 2.45. The van der Waals surface area contributed by atoms with Crippen LogP contribution in [-0.4, -0.2) is 7.11 Å². The fourth-order valence-electron chi connectivity index (χ4n) is 1.70. The van der Waals surface area contributed by atoms with E-state index < -0.39 is 4.33 Å². The zero-order chi connectivity index (χ0) is 14.0. The molecule has 2 rings (SSSR count). The molecule has 2 aromatic rings. The van der Waals surface area contributed by atoms with E-state index in [2.05, 4.69) is 0 Å². The third kappa shape index (κ3) is 3.11. The highest BCUT2D eigenvalue weighted by molar-refractivity contribution is 6.51. The number of halogens is 4. The van der Waals surface area contributed by atoms with Crippen molar-refractivity contribution in [2.45, 2.75) is 4.33 Å². The van der Waals surface area contributed by atoms with E-state index in [0.717, 1.165) is 5.75 Å². The van der Waals surface area contributed by atoms with Gasteiger partial charge in [-0.15, -0.1) is 0 Å². The second-order valence-corrected chi connectivity index (χ2v) is 6.10. The minimum absolute atomic E-state index is 0.424. The molecule has 0 bridgehead atoms. The van der Waals surface area contributed by atoms with Gasteiger partial charge in [0.25, 0.3) is 0 Å². The zero-order valence-electron chi connectivity index (χ0n) is 9.96. The molecule has 0 spiro atoms. The number of hydrogen-bond acceptors (Lipinski definition) is 1. The lowest BCUT2D eigenvalue weighted by atomic mass is 10.0. The second-order valence-electron chi connectivity index (χ2n) is 3.93. The van der Waals surface area contributed by atoms with Gasteiger partial charge in [0.2, 0.25) is 0 Å². The first kappa shape index (κ1) is 14.8. The molecule has 19 heavy (non-hydrogen) atoms. The van der Waals surface area contributed by atoms with E-state index >= 15 is 0 Å². The summed E-state index contributed by atoms with van der Waals surface area (Å²) in [6.07, 6.45) is 0. The molecule has 0 aromatic heterocycles. The van der Waals surface area contributed by atoms with Crippen LogP contribution in [0.5, 0.6) is 5.75 Å². The standard InChI is InChI=1S/C14H10Cl4O/c1-19-11-5-2-9(3-6-11)14(17,18)12-7-4-10(15)8-13(12)16/h2-8H,1H3. The highest BCUT2D eigenvalue weighted by atomic mass is 35.5. The summed E-state index contributed by atoms with van der Waals surface area (Å²) in [5.41, 5.74) is 1.30. The molecule has 0 N–H and O–H groups in total. The van der Waals surface area contributed by atoms with E-state index in [9.17, 15) is 0 Å². The molecule has 0 aliphatic carbocycles. The molecule has 0 saturated heterocycles. The number of methoxy groups -OCH3 is 1. The van der Waals surface area contributed by atoms with E-state index in [4.69, 9.17) is 51.1 Å². The summed E-state index contributed by atoms with van der Waals surface area (Å²) < 4.78 is 3.86. The topological polar surface area (TPSA) is 9.23 Å². The van der Waals surface area contributed by atoms with Crippen LogP contribution < -0.4 is 4.74 Å². The minimum atomic E-state index is -1.24. The SMILES string of the molecule is COc1ccc(C(Cl)(Cl)c2ccc(Cl)cc2Cl)cc1. The monoisotopic (exact) mass is 334 g/mol. The zero-order valence-corrected chi connectivity index (χ0v) is 13.0. The van der Waals surface area contributed by atoms with Gasteiger partial charge in [-0.2, -0.15) is 0 Å². The average molecular weight is 336 g/mol. The van der Waals surface area contributed by atoms with Crippen molar-refractivity contribution in [3.8, 4) is 5.75 Å². The first-order valence-corrected chi connectivity index (χ1v) is 6.94. The molecule has 100 valence electrons. The van der Waals surface area contributed by atoms with E-state index in [1.54, 1.807) is 49.6 Å². The molecule has 0 fully saturated rings. The predicted molar refractivity (Wildman–Crippen MR) is 81.9 cm³/mol. The maximum absolute atomic E-state index is 6.44. The van der Waals surface area contributed by atoms with Gasteiger partial charge in [-0.05, 0) is 29.8 Å². The lowest BCUT2D eigenvalue weighted by Crippen LogP contribution is -2.12. The first-order chi connectivity index (χ1) is 8.95. The van der Waals surface area contributed by atoms with Crippen molar-refractivity contribution in [3.63, 3.8) is 0 Å². The molecule has 0 aliphatic heterocycles. The summed E-state index contributed by atoms with van der Waals surface area (Å²) in [5.74, 6) is 0.732. The van der Waals surface area contributed by atoms with Gasteiger partial charge in [0, 0.05) is 15.6 Å². The van der Waals surface area contributed by atoms with Crippen LogP contribution in [0.25, 0.3) is 0 Å². The van der Waals surface area contributed by atoms with Crippen molar-refractivity contribution in [2.75, 3.05) is 7.11 Å². The molecule has 2 aromatic carbocycles. The predicted octanol–water partition coefficient (Wildman–Crippen LogP) is 5.68. The summed E-state index contributed by atoms with van der Waals surface area (Å²) in [5, 5.41) is 0.959. The Kier molecular flexibility index (Phi) is 4.52. The third-order valence-electron chi connectivity index (χ3n) is 2.72. The molecule has 5 heteroatoms. The summed E-state index contributed by atoms with van der Waals surface area (Å²) in [6.45, 7) is 0. The van der Waals surface area contributed by atoms with Crippen molar-refractivity contribution in [3.05, 3.63) is 63.6 Å². The Bertz CT molecular complexity index is 578. The van der Waals surface area contributed by atoms with Gasteiger partial charge in [0.05, 0.1) is 7.11 Å². The molecular formula is C14H10Cl4O. The molecule has 0 amide bonds. The molecule has 0 heterocycles. The van der Waals surface area contributed by atoms with E-state index in [1.165, 1.54) is 0 Å². The minimum Gasteiger partial charge on any atom is -0.497 e. The summed E-state index contributed by atoms with van der Waals surface area (Å²) >= 11 is 24.9. The van der Waals surface area contributed by atoms with Gasteiger partial charge in [0.15, 0.2) is 4.33 Å². The van der Waals surface area contributed by atoms with Crippen LogP contribution in [0.4, 0.5) is 0 Å². The lowest BCUT2D eigenvalue weighted by Gasteiger charge is -2.22. The number of ether oxygens (including phenoxy) is 1. The van der Waals surface area contributed by atoms with E-state index in [0.29, 0.717) is 21.2 Å². The van der Waals surface area contributed by atoms with Gasteiger partial charge in [-0.3, -0.25) is 0 Å². The van der Waals surface area contributed by atoms with Crippen LogP contribution in [0, 0.1) is 0 Å². The van der Waals surface area contributed by atoms with Crippen LogP contribution in [-0.2, 0) is 4.33 Å². The summed E-state index contributed by atoms with van der Waals surface area (Å²) in [6, 6.07) is 12.2. The quantitative estimate of drug-likeness (QED) is 0.655. The number of benzene rings is 2. The highest BCUT2D eigenvalue weighted by Gasteiger charge is 2.31. The lowest BCUT2D eigenvalue weighted by molar-refractivity contribution is 0.414. The van der Waals surface area contributed by atoms with Crippen molar-refractivity contribution in [1.82, 2.24) is 0 Å². The molecule has 1 nitrogen and oxygen atoms in total.